The zero-order chi connectivity index (χ0) is 23.1. The van der Waals surface area contributed by atoms with Gasteiger partial charge in [-0.15, -0.1) is 0 Å². The second kappa shape index (κ2) is 10.7. The normalized spacial score (nSPS) is 15.2. The first kappa shape index (κ1) is 23.9. The fourth-order valence-electron chi connectivity index (χ4n) is 3.46. The highest BCUT2D eigenvalue weighted by Crippen LogP contribution is 2.27. The zero-order valence-electron chi connectivity index (χ0n) is 18.8. The number of nitrogens with one attached hydrogen (secondary N) is 3. The molecular weight excluding hydrogens is 428 g/mol. The van der Waals surface area contributed by atoms with Crippen LogP contribution in [-0.4, -0.2) is 53.2 Å². The summed E-state index contributed by atoms with van der Waals surface area (Å²) in [5.74, 6) is 0.394. The van der Waals surface area contributed by atoms with Gasteiger partial charge in [0.2, 0.25) is 0 Å². The summed E-state index contributed by atoms with van der Waals surface area (Å²) in [6, 6.07) is 11.4. The third-order valence-electron chi connectivity index (χ3n) is 5.39. The number of benzene rings is 2. The summed E-state index contributed by atoms with van der Waals surface area (Å²) in [6.07, 6.45) is 0.804. The summed E-state index contributed by atoms with van der Waals surface area (Å²) < 4.78 is 33.8. The summed E-state index contributed by atoms with van der Waals surface area (Å²) in [7, 11) is -3.81. The molecular formula is C23H32N4O4S. The molecule has 3 rings (SSSR count). The van der Waals surface area contributed by atoms with Crippen molar-refractivity contribution in [2.75, 3.05) is 42.4 Å². The predicted molar refractivity (Wildman–Crippen MR) is 127 cm³/mol. The van der Waals surface area contributed by atoms with Crippen LogP contribution in [0.25, 0.3) is 0 Å². The number of hydrogen-bond donors (Lipinski definition) is 3. The van der Waals surface area contributed by atoms with Gasteiger partial charge in [0, 0.05) is 43.6 Å². The smallest absolute Gasteiger partial charge is 0.261 e. The molecule has 1 amide bonds. The van der Waals surface area contributed by atoms with E-state index in [0.29, 0.717) is 23.6 Å². The standard InChI is InChI=1S/C23H32N4O4S/c1-4-17(3)25-23(28)21-16-18(6-11-22(21)27-14-12-24-13-15-27)26-32(29,30)20-9-7-19(8-10-20)31-5-2/h6-11,16-17,24,26H,4-5,12-15H2,1-3H3,(H,25,28). The number of carbonyl (C=O) groups is 1. The summed E-state index contributed by atoms with van der Waals surface area (Å²) in [5.41, 5.74) is 1.60. The van der Waals surface area contributed by atoms with Crippen LogP contribution in [0.3, 0.4) is 0 Å². The molecule has 1 saturated heterocycles. The van der Waals surface area contributed by atoms with Gasteiger partial charge in [-0.3, -0.25) is 9.52 Å². The molecule has 3 N–H and O–H groups in total. The number of nitrogens with zero attached hydrogens (tertiary/aromatic N) is 1. The van der Waals surface area contributed by atoms with Crippen molar-refractivity contribution >= 4 is 27.3 Å². The van der Waals surface area contributed by atoms with E-state index in [9.17, 15) is 13.2 Å². The molecule has 1 atom stereocenters. The Labute approximate surface area is 190 Å². The van der Waals surface area contributed by atoms with Crippen molar-refractivity contribution in [3.05, 3.63) is 48.0 Å². The average Bonchev–Trinajstić information content (AvgIpc) is 2.80. The second-order valence-corrected chi connectivity index (χ2v) is 9.44. The van der Waals surface area contributed by atoms with Gasteiger partial charge < -0.3 is 20.3 Å². The Morgan fingerprint density at radius 3 is 2.44 bits per heavy atom. The van der Waals surface area contributed by atoms with Gasteiger partial charge in [-0.05, 0) is 62.7 Å². The number of ether oxygens (including phenoxy) is 1. The molecule has 1 aliphatic heterocycles. The summed E-state index contributed by atoms with van der Waals surface area (Å²) >= 11 is 0. The van der Waals surface area contributed by atoms with Crippen molar-refractivity contribution in [2.24, 2.45) is 0 Å². The molecule has 0 aliphatic carbocycles. The number of hydrogen-bond acceptors (Lipinski definition) is 6. The third-order valence-corrected chi connectivity index (χ3v) is 6.78. The van der Waals surface area contributed by atoms with Gasteiger partial charge in [0.15, 0.2) is 0 Å². The van der Waals surface area contributed by atoms with Crippen LogP contribution in [0.15, 0.2) is 47.4 Å². The largest absolute Gasteiger partial charge is 0.494 e. The number of sulfonamides is 1. The maximum Gasteiger partial charge on any atom is 0.261 e. The summed E-state index contributed by atoms with van der Waals surface area (Å²) in [5, 5.41) is 6.30. The van der Waals surface area contributed by atoms with Crippen molar-refractivity contribution in [1.29, 1.82) is 0 Å². The number of amides is 1. The lowest BCUT2D eigenvalue weighted by Gasteiger charge is -2.31. The number of anilines is 2. The van der Waals surface area contributed by atoms with E-state index in [1.165, 1.54) is 12.1 Å². The predicted octanol–water partition coefficient (Wildman–Crippen LogP) is 2.82. The van der Waals surface area contributed by atoms with Crippen LogP contribution < -0.4 is 25.0 Å². The van der Waals surface area contributed by atoms with Gasteiger partial charge in [-0.25, -0.2) is 8.42 Å². The Hall–Kier alpha value is -2.78. The zero-order valence-corrected chi connectivity index (χ0v) is 19.7. The van der Waals surface area contributed by atoms with E-state index in [1.54, 1.807) is 24.3 Å². The minimum Gasteiger partial charge on any atom is -0.494 e. The molecule has 0 aromatic heterocycles. The fraction of sp³-hybridized carbons (Fsp3) is 0.435. The van der Waals surface area contributed by atoms with Crippen LogP contribution in [-0.2, 0) is 10.0 Å². The molecule has 1 heterocycles. The number of piperazine rings is 1. The fourth-order valence-corrected chi connectivity index (χ4v) is 4.51. The molecule has 2 aromatic rings. The first-order valence-electron chi connectivity index (χ1n) is 11.0. The van der Waals surface area contributed by atoms with E-state index in [2.05, 4.69) is 20.3 Å². The quantitative estimate of drug-likeness (QED) is 0.532. The van der Waals surface area contributed by atoms with E-state index < -0.39 is 10.0 Å². The van der Waals surface area contributed by atoms with Gasteiger partial charge in [0.25, 0.3) is 15.9 Å². The van der Waals surface area contributed by atoms with Gasteiger partial charge in [0.05, 0.1) is 17.1 Å². The van der Waals surface area contributed by atoms with E-state index in [1.807, 2.05) is 26.8 Å². The van der Waals surface area contributed by atoms with Gasteiger partial charge in [-0.2, -0.15) is 0 Å². The van der Waals surface area contributed by atoms with Crippen LogP contribution in [0.5, 0.6) is 5.75 Å². The lowest BCUT2D eigenvalue weighted by Crippen LogP contribution is -2.44. The molecule has 0 radical (unpaired) electrons. The number of carbonyl (C=O) groups excluding carboxylic acids is 1. The lowest BCUT2D eigenvalue weighted by molar-refractivity contribution is 0.0939. The van der Waals surface area contributed by atoms with Crippen LogP contribution in [0, 0.1) is 0 Å². The van der Waals surface area contributed by atoms with Crippen LogP contribution in [0.2, 0.25) is 0 Å². The average molecular weight is 461 g/mol. The Morgan fingerprint density at radius 1 is 1.12 bits per heavy atom. The van der Waals surface area contributed by atoms with Crippen molar-refractivity contribution in [3.63, 3.8) is 0 Å². The minimum atomic E-state index is -3.81. The molecule has 174 valence electrons. The Balaban J connectivity index is 1.89. The SMILES string of the molecule is CCOc1ccc(S(=O)(=O)Nc2ccc(N3CCNCC3)c(C(=O)NC(C)CC)c2)cc1. The van der Waals surface area contributed by atoms with Crippen LogP contribution >= 0.6 is 0 Å². The van der Waals surface area contributed by atoms with Gasteiger partial charge in [0.1, 0.15) is 5.75 Å². The van der Waals surface area contributed by atoms with E-state index in [-0.39, 0.29) is 16.8 Å². The summed E-state index contributed by atoms with van der Waals surface area (Å²) in [4.78, 5) is 15.3. The Morgan fingerprint density at radius 2 is 1.81 bits per heavy atom. The highest BCUT2D eigenvalue weighted by molar-refractivity contribution is 7.92. The number of rotatable bonds is 9. The topological polar surface area (TPSA) is 99.8 Å². The molecule has 0 bridgehead atoms. The second-order valence-electron chi connectivity index (χ2n) is 7.76. The summed E-state index contributed by atoms with van der Waals surface area (Å²) in [6.45, 7) is 9.54. The van der Waals surface area contributed by atoms with Crippen molar-refractivity contribution in [1.82, 2.24) is 10.6 Å². The first-order valence-corrected chi connectivity index (χ1v) is 12.5. The van der Waals surface area contributed by atoms with Crippen molar-refractivity contribution in [3.8, 4) is 5.75 Å². The van der Waals surface area contributed by atoms with Crippen molar-refractivity contribution in [2.45, 2.75) is 38.1 Å². The van der Waals surface area contributed by atoms with E-state index in [0.717, 1.165) is 38.3 Å². The molecule has 9 heteroatoms. The molecule has 1 aliphatic rings. The minimum absolute atomic E-state index is 0.0163. The van der Waals surface area contributed by atoms with Crippen LogP contribution in [0.4, 0.5) is 11.4 Å². The van der Waals surface area contributed by atoms with E-state index in [4.69, 9.17) is 4.74 Å². The van der Waals surface area contributed by atoms with Crippen molar-refractivity contribution < 1.29 is 17.9 Å². The lowest BCUT2D eigenvalue weighted by atomic mass is 10.1. The Kier molecular flexibility index (Phi) is 7.98. The molecule has 0 saturated carbocycles. The van der Waals surface area contributed by atoms with Crippen LogP contribution in [0.1, 0.15) is 37.6 Å². The molecule has 1 fully saturated rings. The monoisotopic (exact) mass is 460 g/mol. The Bertz CT molecular complexity index is 1020. The molecule has 2 aromatic carbocycles. The molecule has 1 unspecified atom stereocenters. The van der Waals surface area contributed by atoms with Gasteiger partial charge >= 0.3 is 0 Å². The first-order chi connectivity index (χ1) is 15.3. The van der Waals surface area contributed by atoms with E-state index >= 15 is 0 Å². The third kappa shape index (κ3) is 5.92. The molecule has 8 nitrogen and oxygen atoms in total. The maximum absolute atomic E-state index is 13.0. The highest BCUT2D eigenvalue weighted by Gasteiger charge is 2.22. The molecule has 32 heavy (non-hydrogen) atoms. The molecule has 0 spiro atoms. The maximum atomic E-state index is 13.0. The van der Waals surface area contributed by atoms with Gasteiger partial charge in [-0.1, -0.05) is 6.92 Å². The highest BCUT2D eigenvalue weighted by atomic mass is 32.2.